The molecule has 1 atom stereocenters. The van der Waals surface area contributed by atoms with E-state index in [2.05, 4.69) is 15.0 Å². The van der Waals surface area contributed by atoms with E-state index in [1.807, 2.05) is 28.8 Å². The van der Waals surface area contributed by atoms with E-state index in [1.165, 1.54) is 15.8 Å². The van der Waals surface area contributed by atoms with Gasteiger partial charge in [0.05, 0.1) is 37.2 Å². The van der Waals surface area contributed by atoms with E-state index in [-0.39, 0.29) is 38.0 Å². The first kappa shape index (κ1) is 28.9. The molecular formula is C29H32F3N7O4. The Kier molecular flexibility index (Phi) is 7.97. The highest BCUT2D eigenvalue weighted by molar-refractivity contribution is 5.78. The van der Waals surface area contributed by atoms with Crippen LogP contribution in [-0.4, -0.2) is 91.2 Å². The zero-order valence-electron chi connectivity index (χ0n) is 23.4. The monoisotopic (exact) mass is 599 g/mol. The van der Waals surface area contributed by atoms with Crippen molar-refractivity contribution in [2.45, 2.75) is 43.9 Å². The van der Waals surface area contributed by atoms with Crippen molar-refractivity contribution in [2.75, 3.05) is 44.3 Å². The summed E-state index contributed by atoms with van der Waals surface area (Å²) in [7, 11) is 0. The van der Waals surface area contributed by atoms with Gasteiger partial charge in [0.2, 0.25) is 11.9 Å². The summed E-state index contributed by atoms with van der Waals surface area (Å²) in [4.78, 5) is 34.4. The van der Waals surface area contributed by atoms with Crippen LogP contribution < -0.4 is 10.5 Å². The number of hydrogen-bond acceptors (Lipinski definition) is 7. The number of piperidine rings is 1. The van der Waals surface area contributed by atoms with Gasteiger partial charge in [0.15, 0.2) is 5.65 Å². The summed E-state index contributed by atoms with van der Waals surface area (Å²) in [6.45, 7) is 3.17. The predicted molar refractivity (Wildman–Crippen MR) is 151 cm³/mol. The van der Waals surface area contributed by atoms with E-state index >= 15 is 0 Å². The van der Waals surface area contributed by atoms with Crippen LogP contribution >= 0.6 is 0 Å². The quantitative estimate of drug-likeness (QED) is 0.332. The molecule has 228 valence electrons. The minimum absolute atomic E-state index is 0.0271. The van der Waals surface area contributed by atoms with Gasteiger partial charge in [0.25, 0.3) is 12.0 Å². The largest absolute Gasteiger partial charge is 0.388 e. The smallest absolute Gasteiger partial charge is 0.262 e. The number of nitrogens with zero attached hydrogens (tertiary/aromatic N) is 7. The maximum absolute atomic E-state index is 13.6. The molecule has 0 saturated carbocycles. The van der Waals surface area contributed by atoms with Gasteiger partial charge in [0, 0.05) is 56.0 Å². The Hall–Kier alpha value is -4.17. The van der Waals surface area contributed by atoms with E-state index in [4.69, 9.17) is 4.74 Å². The molecule has 2 aliphatic heterocycles. The molecule has 1 amide bonds. The van der Waals surface area contributed by atoms with Crippen LogP contribution in [0, 0.1) is 5.95 Å². The molecule has 5 heterocycles. The first-order chi connectivity index (χ1) is 20.7. The summed E-state index contributed by atoms with van der Waals surface area (Å²) < 4.78 is 49.9. The summed E-state index contributed by atoms with van der Waals surface area (Å²) in [5.74, 6) is -1.44. The lowest BCUT2D eigenvalue weighted by atomic mass is 9.91. The Morgan fingerprint density at radius 2 is 1.79 bits per heavy atom. The van der Waals surface area contributed by atoms with E-state index in [9.17, 15) is 27.9 Å². The van der Waals surface area contributed by atoms with Gasteiger partial charge < -0.3 is 24.2 Å². The molecule has 6 rings (SSSR count). The van der Waals surface area contributed by atoms with Gasteiger partial charge >= 0.3 is 0 Å². The van der Waals surface area contributed by atoms with Gasteiger partial charge in [-0.3, -0.25) is 18.8 Å². The van der Waals surface area contributed by atoms with Gasteiger partial charge in [-0.05, 0) is 37.1 Å². The Morgan fingerprint density at radius 3 is 2.49 bits per heavy atom. The molecule has 14 heteroatoms. The molecule has 2 aliphatic rings. The molecule has 0 unspecified atom stereocenters. The Morgan fingerprint density at radius 1 is 1.05 bits per heavy atom. The normalized spacial score (nSPS) is 18.0. The number of likely N-dealkylation sites (tertiary alicyclic amines) is 1. The molecule has 11 nitrogen and oxygen atoms in total. The van der Waals surface area contributed by atoms with E-state index in [1.54, 1.807) is 12.3 Å². The number of anilines is 1. The topological polar surface area (TPSA) is 111 Å². The van der Waals surface area contributed by atoms with Gasteiger partial charge in [-0.2, -0.15) is 4.39 Å². The standard InChI is InChI=1S/C29H32F3N7O4/c30-24-5-9-39(34-24)23(26(31)32)17-25(40)36-10-6-29(42,7-11-36)18-37-19-33-27-22(28(37)41)4-8-38(27)21-3-1-2-20(16-21)35-12-14-43-15-13-35/h1-5,8-9,16,19,23,26,42H,6-7,10-15,17-18H2/t23-/m1/s1. The minimum Gasteiger partial charge on any atom is -0.388 e. The van der Waals surface area contributed by atoms with Crippen LogP contribution in [0.4, 0.5) is 18.9 Å². The number of rotatable bonds is 8. The van der Waals surface area contributed by atoms with Crippen LogP contribution in [0.2, 0.25) is 0 Å². The zero-order valence-corrected chi connectivity index (χ0v) is 23.4. The first-order valence-corrected chi connectivity index (χ1v) is 14.2. The van der Waals surface area contributed by atoms with Crippen LogP contribution in [0.3, 0.4) is 0 Å². The number of ether oxygens (including phenoxy) is 1. The summed E-state index contributed by atoms with van der Waals surface area (Å²) in [6, 6.07) is 9.07. The zero-order chi connectivity index (χ0) is 30.1. The summed E-state index contributed by atoms with van der Waals surface area (Å²) >= 11 is 0. The Balaban J connectivity index is 1.13. The number of hydrogen-bond donors (Lipinski definition) is 1. The maximum atomic E-state index is 13.6. The Labute approximate surface area is 244 Å². The lowest BCUT2D eigenvalue weighted by Crippen LogP contribution is -2.50. The third kappa shape index (κ3) is 6.02. The van der Waals surface area contributed by atoms with Crippen LogP contribution in [0.25, 0.3) is 16.7 Å². The van der Waals surface area contributed by atoms with E-state index in [0.717, 1.165) is 41.4 Å². The molecule has 0 bridgehead atoms. The lowest BCUT2D eigenvalue weighted by Gasteiger charge is -2.38. The fourth-order valence-electron chi connectivity index (χ4n) is 5.79. The van der Waals surface area contributed by atoms with Crippen molar-refractivity contribution >= 4 is 22.6 Å². The maximum Gasteiger partial charge on any atom is 0.262 e. The van der Waals surface area contributed by atoms with Crippen molar-refractivity contribution in [3.8, 4) is 5.69 Å². The van der Waals surface area contributed by atoms with Crippen LogP contribution in [0.1, 0.15) is 25.3 Å². The second kappa shape index (κ2) is 11.8. The molecule has 2 fully saturated rings. The van der Waals surface area contributed by atoms with Crippen molar-refractivity contribution in [3.63, 3.8) is 0 Å². The van der Waals surface area contributed by atoms with Crippen LogP contribution in [-0.2, 0) is 16.1 Å². The minimum atomic E-state index is -2.91. The lowest BCUT2D eigenvalue weighted by molar-refractivity contribution is -0.138. The number of fused-ring (bicyclic) bond motifs is 1. The second-order valence-electron chi connectivity index (χ2n) is 11.0. The van der Waals surface area contributed by atoms with Crippen molar-refractivity contribution in [3.05, 3.63) is 71.4 Å². The number of halogens is 3. The molecule has 43 heavy (non-hydrogen) atoms. The predicted octanol–water partition coefficient (Wildman–Crippen LogP) is 2.61. The molecule has 3 aromatic heterocycles. The summed E-state index contributed by atoms with van der Waals surface area (Å²) in [5, 5.41) is 15.1. The van der Waals surface area contributed by atoms with Gasteiger partial charge in [-0.15, -0.1) is 5.10 Å². The van der Waals surface area contributed by atoms with Crippen molar-refractivity contribution in [1.29, 1.82) is 0 Å². The third-order valence-corrected chi connectivity index (χ3v) is 8.26. The molecule has 1 aromatic carbocycles. The first-order valence-electron chi connectivity index (χ1n) is 14.2. The average molecular weight is 600 g/mol. The van der Waals surface area contributed by atoms with E-state index < -0.39 is 36.3 Å². The number of benzene rings is 1. The van der Waals surface area contributed by atoms with Gasteiger partial charge in [-0.25, -0.2) is 13.8 Å². The number of carbonyl (C=O) groups excluding carboxylic acids is 1. The molecule has 0 aliphatic carbocycles. The number of carbonyl (C=O) groups is 1. The highest BCUT2D eigenvalue weighted by Gasteiger charge is 2.36. The number of aromatic nitrogens is 5. The van der Waals surface area contributed by atoms with Crippen molar-refractivity contribution < 1.29 is 27.8 Å². The molecule has 0 radical (unpaired) electrons. The second-order valence-corrected chi connectivity index (χ2v) is 11.0. The molecule has 2 saturated heterocycles. The molecule has 0 spiro atoms. The number of morpholine rings is 1. The van der Waals surface area contributed by atoms with Crippen LogP contribution in [0.5, 0.6) is 0 Å². The number of amides is 1. The fraction of sp³-hybridized carbons (Fsp3) is 0.448. The Bertz CT molecular complexity index is 1650. The summed E-state index contributed by atoms with van der Waals surface area (Å²) in [5.41, 5.74) is 0.830. The molecule has 4 aromatic rings. The van der Waals surface area contributed by atoms with E-state index in [0.29, 0.717) is 24.2 Å². The number of aliphatic hydroxyl groups is 1. The highest BCUT2D eigenvalue weighted by Crippen LogP contribution is 2.28. The van der Waals surface area contributed by atoms with Gasteiger partial charge in [-0.1, -0.05) is 6.07 Å². The van der Waals surface area contributed by atoms with Crippen molar-refractivity contribution in [2.24, 2.45) is 0 Å². The molecule has 1 N–H and O–H groups in total. The van der Waals surface area contributed by atoms with Gasteiger partial charge in [0.1, 0.15) is 12.4 Å². The summed E-state index contributed by atoms with van der Waals surface area (Å²) in [6.07, 6.45) is 1.12. The average Bonchev–Trinajstić information content (AvgIpc) is 3.64. The highest BCUT2D eigenvalue weighted by atomic mass is 19.3. The van der Waals surface area contributed by atoms with Crippen LogP contribution in [0.15, 0.2) is 59.9 Å². The fourth-order valence-corrected chi connectivity index (χ4v) is 5.79. The molecular weight excluding hydrogens is 567 g/mol. The third-order valence-electron chi connectivity index (χ3n) is 8.26. The number of alkyl halides is 2. The SMILES string of the molecule is O=C(C[C@H](C(F)F)n1ccc(F)n1)N1CCC(O)(Cn2cnc3c(ccn3-c3cccc(N4CCOCC4)c3)c2=O)CC1. The van der Waals surface area contributed by atoms with Crippen molar-refractivity contribution in [1.82, 2.24) is 28.8 Å².